The quantitative estimate of drug-likeness (QED) is 0.914. The molecule has 4 nitrogen and oxygen atoms in total. The summed E-state index contributed by atoms with van der Waals surface area (Å²) in [6.07, 6.45) is 1.32. The van der Waals surface area contributed by atoms with E-state index in [0.29, 0.717) is 11.6 Å². The predicted molar refractivity (Wildman–Crippen MR) is 74.7 cm³/mol. The van der Waals surface area contributed by atoms with Gasteiger partial charge in [-0.05, 0) is 17.7 Å². The zero-order valence-electron chi connectivity index (χ0n) is 9.74. The molecule has 1 aromatic heterocycles. The maximum atomic E-state index is 11.9. The summed E-state index contributed by atoms with van der Waals surface area (Å²) in [4.78, 5) is 25.3. The van der Waals surface area contributed by atoms with Crippen LogP contribution in [-0.4, -0.2) is 10.9 Å². The third-order valence-electron chi connectivity index (χ3n) is 2.52. The van der Waals surface area contributed by atoms with Crippen LogP contribution in [0.15, 0.2) is 41.3 Å². The molecule has 1 amide bonds. The maximum Gasteiger partial charge on any atom is 0.266 e. The average Bonchev–Trinajstić information content (AvgIpc) is 2.40. The Morgan fingerprint density at radius 1 is 1.21 bits per heavy atom. The number of halogens is 2. The van der Waals surface area contributed by atoms with E-state index in [1.54, 1.807) is 6.07 Å². The highest BCUT2D eigenvalue weighted by Gasteiger charge is 2.08. The summed E-state index contributed by atoms with van der Waals surface area (Å²) in [5, 5.41) is 3.26. The fourth-order valence-corrected chi connectivity index (χ4v) is 1.88. The summed E-state index contributed by atoms with van der Waals surface area (Å²) in [7, 11) is 0. The molecule has 19 heavy (non-hydrogen) atoms. The fraction of sp³-hybridized carbons (Fsp3) is 0.0769. The van der Waals surface area contributed by atoms with E-state index in [4.69, 9.17) is 23.2 Å². The standard InChI is InChI=1S/C13H10Cl2N2O2/c14-10-4-2-1-3-8(10)6-16-12(18)9-5-11(15)13(19)17-7-9/h1-5,7H,6H2,(H,16,18)(H,17,19). The van der Waals surface area contributed by atoms with Gasteiger partial charge in [-0.25, -0.2) is 0 Å². The van der Waals surface area contributed by atoms with E-state index >= 15 is 0 Å². The lowest BCUT2D eigenvalue weighted by molar-refractivity contribution is 0.0950. The molecule has 0 aliphatic rings. The number of nitrogens with one attached hydrogen (secondary N) is 2. The van der Waals surface area contributed by atoms with E-state index in [9.17, 15) is 9.59 Å². The van der Waals surface area contributed by atoms with Gasteiger partial charge in [0.25, 0.3) is 11.5 Å². The van der Waals surface area contributed by atoms with Gasteiger partial charge in [0.05, 0.1) is 5.56 Å². The fourth-order valence-electron chi connectivity index (χ4n) is 1.51. The first-order valence-corrected chi connectivity index (χ1v) is 6.23. The second-order valence-electron chi connectivity index (χ2n) is 3.84. The van der Waals surface area contributed by atoms with Crippen LogP contribution in [0.5, 0.6) is 0 Å². The molecule has 6 heteroatoms. The average molecular weight is 297 g/mol. The third kappa shape index (κ3) is 3.36. The van der Waals surface area contributed by atoms with E-state index in [1.165, 1.54) is 12.3 Å². The number of aromatic nitrogens is 1. The first-order valence-electron chi connectivity index (χ1n) is 5.48. The SMILES string of the molecule is O=C(NCc1ccccc1Cl)c1c[nH]c(=O)c(Cl)c1. The molecule has 1 heterocycles. The smallest absolute Gasteiger partial charge is 0.266 e. The Bertz CT molecular complexity index is 668. The van der Waals surface area contributed by atoms with Gasteiger partial charge < -0.3 is 10.3 Å². The highest BCUT2D eigenvalue weighted by molar-refractivity contribution is 6.31. The van der Waals surface area contributed by atoms with Crippen LogP contribution in [0.25, 0.3) is 0 Å². The van der Waals surface area contributed by atoms with Crippen LogP contribution >= 0.6 is 23.2 Å². The molecule has 0 atom stereocenters. The molecule has 2 aromatic rings. The number of rotatable bonds is 3. The summed E-state index contributed by atoms with van der Waals surface area (Å²) in [5.41, 5.74) is 0.675. The van der Waals surface area contributed by atoms with Crippen molar-refractivity contribution in [1.29, 1.82) is 0 Å². The summed E-state index contributed by atoms with van der Waals surface area (Å²) < 4.78 is 0. The molecule has 1 aromatic carbocycles. The van der Waals surface area contributed by atoms with Crippen molar-refractivity contribution >= 4 is 29.1 Å². The second kappa shape index (κ2) is 5.91. The Labute approximate surface area is 119 Å². The van der Waals surface area contributed by atoms with E-state index in [1.807, 2.05) is 18.2 Å². The molecule has 0 aliphatic carbocycles. The summed E-state index contributed by atoms with van der Waals surface area (Å²) in [6.45, 7) is 0.301. The van der Waals surface area contributed by atoms with Crippen molar-refractivity contribution in [3.05, 3.63) is 68.1 Å². The van der Waals surface area contributed by atoms with Gasteiger partial charge in [-0.2, -0.15) is 0 Å². The number of aromatic amines is 1. The topological polar surface area (TPSA) is 62.0 Å². The van der Waals surface area contributed by atoms with Crippen molar-refractivity contribution in [2.24, 2.45) is 0 Å². The number of hydrogen-bond donors (Lipinski definition) is 2. The van der Waals surface area contributed by atoms with Gasteiger partial charge in [-0.1, -0.05) is 41.4 Å². The lowest BCUT2D eigenvalue weighted by Gasteiger charge is -2.06. The zero-order chi connectivity index (χ0) is 13.8. The molecule has 0 saturated carbocycles. The van der Waals surface area contributed by atoms with Crippen LogP contribution in [0.1, 0.15) is 15.9 Å². The second-order valence-corrected chi connectivity index (χ2v) is 4.65. The first kappa shape index (κ1) is 13.6. The molecule has 98 valence electrons. The van der Waals surface area contributed by atoms with Gasteiger partial charge in [0.1, 0.15) is 5.02 Å². The van der Waals surface area contributed by atoms with Crippen molar-refractivity contribution < 1.29 is 4.79 Å². The molecular formula is C13H10Cl2N2O2. The Morgan fingerprint density at radius 3 is 2.63 bits per heavy atom. The Balaban J connectivity index is 2.08. The van der Waals surface area contributed by atoms with Crippen LogP contribution in [0.2, 0.25) is 10.0 Å². The van der Waals surface area contributed by atoms with E-state index in [0.717, 1.165) is 5.56 Å². The van der Waals surface area contributed by atoms with Crippen LogP contribution in [0.3, 0.4) is 0 Å². The molecule has 0 aliphatic heterocycles. The maximum absolute atomic E-state index is 11.9. The number of carbonyl (C=O) groups excluding carboxylic acids is 1. The minimum absolute atomic E-state index is 0.0228. The molecule has 2 rings (SSSR count). The van der Waals surface area contributed by atoms with Gasteiger partial charge in [0.15, 0.2) is 0 Å². The van der Waals surface area contributed by atoms with Gasteiger partial charge in [0, 0.05) is 17.8 Å². The molecule has 0 spiro atoms. The number of pyridine rings is 1. The van der Waals surface area contributed by atoms with E-state index in [2.05, 4.69) is 10.3 Å². The number of benzene rings is 1. The van der Waals surface area contributed by atoms with Crippen LogP contribution in [0, 0.1) is 0 Å². The zero-order valence-corrected chi connectivity index (χ0v) is 11.3. The predicted octanol–water partition coefficient (Wildman–Crippen LogP) is 2.61. The lowest BCUT2D eigenvalue weighted by atomic mass is 10.2. The lowest BCUT2D eigenvalue weighted by Crippen LogP contribution is -2.24. The van der Waals surface area contributed by atoms with Crippen molar-refractivity contribution in [1.82, 2.24) is 10.3 Å². The van der Waals surface area contributed by atoms with Crippen molar-refractivity contribution in [3.8, 4) is 0 Å². The molecule has 0 fully saturated rings. The number of H-pyrrole nitrogens is 1. The minimum atomic E-state index is -0.427. The first-order chi connectivity index (χ1) is 9.08. The monoisotopic (exact) mass is 296 g/mol. The van der Waals surface area contributed by atoms with Crippen LogP contribution < -0.4 is 10.9 Å². The number of carbonyl (C=O) groups is 1. The minimum Gasteiger partial charge on any atom is -0.348 e. The number of hydrogen-bond acceptors (Lipinski definition) is 2. The largest absolute Gasteiger partial charge is 0.348 e. The molecule has 0 bridgehead atoms. The van der Waals surface area contributed by atoms with E-state index in [-0.39, 0.29) is 16.5 Å². The summed E-state index contributed by atoms with van der Waals surface area (Å²) >= 11 is 11.6. The molecular weight excluding hydrogens is 287 g/mol. The van der Waals surface area contributed by atoms with Crippen molar-refractivity contribution in [3.63, 3.8) is 0 Å². The Hall–Kier alpha value is -1.78. The third-order valence-corrected chi connectivity index (χ3v) is 3.17. The van der Waals surface area contributed by atoms with Crippen molar-refractivity contribution in [2.45, 2.75) is 6.54 Å². The summed E-state index contributed by atoms with van der Waals surface area (Å²) in [5.74, 6) is -0.335. The van der Waals surface area contributed by atoms with Gasteiger partial charge >= 0.3 is 0 Å². The Morgan fingerprint density at radius 2 is 1.95 bits per heavy atom. The van der Waals surface area contributed by atoms with Crippen molar-refractivity contribution in [2.75, 3.05) is 0 Å². The molecule has 0 unspecified atom stereocenters. The highest BCUT2D eigenvalue weighted by Crippen LogP contribution is 2.14. The van der Waals surface area contributed by atoms with E-state index < -0.39 is 5.56 Å². The Kier molecular flexibility index (Phi) is 4.24. The molecule has 0 radical (unpaired) electrons. The highest BCUT2D eigenvalue weighted by atomic mass is 35.5. The van der Waals surface area contributed by atoms with Gasteiger partial charge in [-0.3, -0.25) is 9.59 Å². The summed E-state index contributed by atoms with van der Waals surface area (Å²) in [6, 6.07) is 8.55. The number of amides is 1. The normalized spacial score (nSPS) is 10.2. The van der Waals surface area contributed by atoms with Gasteiger partial charge in [-0.15, -0.1) is 0 Å². The van der Waals surface area contributed by atoms with Gasteiger partial charge in [0.2, 0.25) is 0 Å². The van der Waals surface area contributed by atoms with Crippen LogP contribution in [-0.2, 0) is 6.54 Å². The molecule has 0 saturated heterocycles. The molecule has 2 N–H and O–H groups in total. The van der Waals surface area contributed by atoms with Crippen LogP contribution in [0.4, 0.5) is 0 Å².